The lowest BCUT2D eigenvalue weighted by Crippen LogP contribution is -1.81. The summed E-state index contributed by atoms with van der Waals surface area (Å²) in [6.45, 7) is 0.0457. The minimum absolute atomic E-state index is 0.0457. The maximum Gasteiger partial charge on any atom is 0.259 e. The van der Waals surface area contributed by atoms with Crippen LogP contribution in [0.1, 0.15) is 6.42 Å². The summed E-state index contributed by atoms with van der Waals surface area (Å²) in [4.78, 5) is 2.64. The SMILES string of the molecule is [N-]=[N+]=CCCO. The molecule has 6 heavy (non-hydrogen) atoms. The van der Waals surface area contributed by atoms with Crippen molar-refractivity contribution in [1.29, 1.82) is 0 Å². The summed E-state index contributed by atoms with van der Waals surface area (Å²) in [5, 5.41) is 8.00. The molecule has 0 radical (unpaired) electrons. The second-order valence-electron chi connectivity index (χ2n) is 0.810. The molecule has 1 N–H and O–H groups in total. The fourth-order valence-electron chi connectivity index (χ4n) is 0.115. The molecule has 0 amide bonds. The topological polar surface area (TPSA) is 56.6 Å². The van der Waals surface area contributed by atoms with Gasteiger partial charge in [0, 0.05) is 0 Å². The predicted octanol–water partition coefficient (Wildman–Crippen LogP) is -0.331. The van der Waals surface area contributed by atoms with Crippen molar-refractivity contribution in [1.82, 2.24) is 0 Å². The van der Waals surface area contributed by atoms with Gasteiger partial charge in [0.1, 0.15) is 0 Å². The van der Waals surface area contributed by atoms with E-state index in [9.17, 15) is 0 Å². The molecule has 0 saturated heterocycles. The molecule has 0 aromatic rings. The summed E-state index contributed by atoms with van der Waals surface area (Å²) in [6, 6.07) is 0. The fourth-order valence-corrected chi connectivity index (χ4v) is 0.115. The maximum absolute atomic E-state index is 8.00. The van der Waals surface area contributed by atoms with Crippen molar-refractivity contribution in [3.8, 4) is 0 Å². The van der Waals surface area contributed by atoms with Crippen molar-refractivity contribution >= 4 is 6.21 Å². The summed E-state index contributed by atoms with van der Waals surface area (Å²) >= 11 is 0. The molecule has 0 bridgehead atoms. The number of aliphatic hydroxyl groups is 1. The predicted molar refractivity (Wildman–Crippen MR) is 21.4 cm³/mol. The monoisotopic (exact) mass is 86.0 g/mol. The van der Waals surface area contributed by atoms with Crippen LogP contribution >= 0.6 is 0 Å². The zero-order valence-electron chi connectivity index (χ0n) is 3.33. The molecule has 3 heteroatoms. The number of aliphatic hydroxyl groups excluding tert-OH is 1. The molecule has 34 valence electrons. The van der Waals surface area contributed by atoms with Crippen LogP contribution < -0.4 is 0 Å². The molecule has 0 aliphatic heterocycles. The molecule has 0 aromatic heterocycles. The van der Waals surface area contributed by atoms with Crippen molar-refractivity contribution < 1.29 is 9.90 Å². The molecule has 0 unspecified atom stereocenters. The third-order valence-electron chi connectivity index (χ3n) is 0.340. The van der Waals surface area contributed by atoms with E-state index in [1.54, 1.807) is 0 Å². The Morgan fingerprint density at radius 2 is 2.50 bits per heavy atom. The molecule has 0 heterocycles. The van der Waals surface area contributed by atoms with Gasteiger partial charge in [-0.05, 0) is 0 Å². The maximum atomic E-state index is 8.00. The second kappa shape index (κ2) is 4.34. The summed E-state index contributed by atoms with van der Waals surface area (Å²) in [7, 11) is 0. The molecule has 0 rings (SSSR count). The van der Waals surface area contributed by atoms with Crippen molar-refractivity contribution in [2.75, 3.05) is 6.61 Å². The lowest BCUT2D eigenvalue weighted by molar-refractivity contribution is -0.000137. The molecule has 0 atom stereocenters. The molecule has 0 spiro atoms. The zero-order valence-corrected chi connectivity index (χ0v) is 3.33. The molecule has 0 fully saturated rings. The van der Waals surface area contributed by atoms with Crippen molar-refractivity contribution in [3.63, 3.8) is 0 Å². The van der Waals surface area contributed by atoms with Gasteiger partial charge in [0.25, 0.3) is 6.21 Å². The third-order valence-corrected chi connectivity index (χ3v) is 0.340. The summed E-state index contributed by atoms with van der Waals surface area (Å²) < 4.78 is 0. The molecular formula is C3H6N2O. The van der Waals surface area contributed by atoms with Crippen LogP contribution in [-0.2, 0) is 0 Å². The first kappa shape index (κ1) is 5.34. The van der Waals surface area contributed by atoms with Gasteiger partial charge >= 0.3 is 0 Å². The first-order valence-electron chi connectivity index (χ1n) is 1.68. The van der Waals surface area contributed by atoms with Crippen LogP contribution in [0.15, 0.2) is 0 Å². The average Bonchev–Trinajstić information content (AvgIpc) is 1.61. The second-order valence-corrected chi connectivity index (χ2v) is 0.810. The lowest BCUT2D eigenvalue weighted by atomic mass is 10.5. The largest absolute Gasteiger partial charge is 0.396 e. The van der Waals surface area contributed by atoms with Crippen molar-refractivity contribution in [2.45, 2.75) is 6.42 Å². The van der Waals surface area contributed by atoms with Gasteiger partial charge in [0.05, 0.1) is 13.0 Å². The van der Waals surface area contributed by atoms with Gasteiger partial charge in [0.15, 0.2) is 0 Å². The van der Waals surface area contributed by atoms with Crippen LogP contribution in [0, 0.1) is 0 Å². The first-order valence-corrected chi connectivity index (χ1v) is 1.68. The molecule has 0 aliphatic rings. The van der Waals surface area contributed by atoms with E-state index in [0.29, 0.717) is 6.42 Å². The van der Waals surface area contributed by atoms with Gasteiger partial charge in [-0.25, -0.2) is 0 Å². The van der Waals surface area contributed by atoms with Crippen LogP contribution in [0.3, 0.4) is 0 Å². The Kier molecular flexibility index (Phi) is 3.86. The number of hydrogen-bond donors (Lipinski definition) is 1. The van der Waals surface area contributed by atoms with Crippen LogP contribution in [0.25, 0.3) is 5.53 Å². The Hall–Kier alpha value is -0.660. The standard InChI is InChI=1S/C3H6N2O/c4-5-2-1-3-6/h2,6H,1,3H2. The van der Waals surface area contributed by atoms with E-state index in [2.05, 4.69) is 4.79 Å². The van der Waals surface area contributed by atoms with Crippen molar-refractivity contribution in [2.24, 2.45) is 0 Å². The minimum Gasteiger partial charge on any atom is -0.396 e. The van der Waals surface area contributed by atoms with Crippen LogP contribution in [-0.4, -0.2) is 22.7 Å². The number of hydrogen-bond acceptors (Lipinski definition) is 1. The highest BCUT2D eigenvalue weighted by atomic mass is 16.2. The molecule has 0 saturated carbocycles. The van der Waals surface area contributed by atoms with Crippen LogP contribution in [0.4, 0.5) is 0 Å². The van der Waals surface area contributed by atoms with E-state index < -0.39 is 0 Å². The fraction of sp³-hybridized carbons (Fsp3) is 0.667. The van der Waals surface area contributed by atoms with E-state index in [4.69, 9.17) is 10.6 Å². The van der Waals surface area contributed by atoms with Crippen LogP contribution in [0.5, 0.6) is 0 Å². The Labute approximate surface area is 35.8 Å². The Bertz CT molecular complexity index is 65.2. The summed E-state index contributed by atoms with van der Waals surface area (Å²) in [5.41, 5.74) is 7.66. The highest BCUT2D eigenvalue weighted by Crippen LogP contribution is 1.59. The van der Waals surface area contributed by atoms with E-state index in [1.807, 2.05) is 0 Å². The Morgan fingerprint density at radius 3 is 2.67 bits per heavy atom. The van der Waals surface area contributed by atoms with Gasteiger partial charge in [-0.2, -0.15) is 4.79 Å². The van der Waals surface area contributed by atoms with Crippen molar-refractivity contribution in [3.05, 3.63) is 5.53 Å². The summed E-state index contributed by atoms with van der Waals surface area (Å²) in [6.07, 6.45) is 1.66. The first-order chi connectivity index (χ1) is 2.91. The normalized spacial score (nSPS) is 6.83. The van der Waals surface area contributed by atoms with Gasteiger partial charge < -0.3 is 10.6 Å². The van der Waals surface area contributed by atoms with Gasteiger partial charge in [-0.3, -0.25) is 0 Å². The quantitative estimate of drug-likeness (QED) is 0.279. The zero-order chi connectivity index (χ0) is 4.83. The van der Waals surface area contributed by atoms with Gasteiger partial charge in [-0.1, -0.05) is 0 Å². The van der Waals surface area contributed by atoms with E-state index in [0.717, 1.165) is 0 Å². The molecule has 0 aliphatic carbocycles. The number of nitrogens with zero attached hydrogens (tertiary/aromatic N) is 2. The smallest absolute Gasteiger partial charge is 0.259 e. The Morgan fingerprint density at radius 1 is 1.83 bits per heavy atom. The van der Waals surface area contributed by atoms with E-state index in [-0.39, 0.29) is 6.61 Å². The summed E-state index contributed by atoms with van der Waals surface area (Å²) in [5.74, 6) is 0. The Balaban J connectivity index is 2.86. The lowest BCUT2D eigenvalue weighted by Gasteiger charge is -1.67. The molecular weight excluding hydrogens is 80.0 g/mol. The van der Waals surface area contributed by atoms with Crippen LogP contribution in [0.2, 0.25) is 0 Å². The van der Waals surface area contributed by atoms with E-state index in [1.165, 1.54) is 6.21 Å². The molecule has 0 aromatic carbocycles. The minimum atomic E-state index is 0.0457. The highest BCUT2D eigenvalue weighted by molar-refractivity contribution is 5.49. The third kappa shape index (κ3) is 3.34. The average molecular weight is 86.1 g/mol. The number of rotatable bonds is 2. The van der Waals surface area contributed by atoms with Gasteiger partial charge in [0.2, 0.25) is 0 Å². The van der Waals surface area contributed by atoms with E-state index >= 15 is 0 Å². The highest BCUT2D eigenvalue weighted by Gasteiger charge is 1.74. The van der Waals surface area contributed by atoms with Gasteiger partial charge in [-0.15, -0.1) is 0 Å². The molecule has 3 nitrogen and oxygen atoms in total.